The molecule has 10 N–H and O–H groups in total. The van der Waals surface area contributed by atoms with Crippen molar-refractivity contribution in [2.24, 2.45) is 22.2 Å². The molecule has 0 aliphatic heterocycles. The average molecular weight is 526 g/mol. The SMILES string of the molecule is NC(N)=NCCCC(NC(=O)C(N)Cc1ccccc1)C(=O)NC(Cc1ccccc1)C(=O)NCC(=O)O. The van der Waals surface area contributed by atoms with Crippen LogP contribution in [0.3, 0.4) is 0 Å². The summed E-state index contributed by atoms with van der Waals surface area (Å²) in [5.74, 6) is -3.15. The van der Waals surface area contributed by atoms with E-state index in [4.69, 9.17) is 22.3 Å². The second-order valence-electron chi connectivity index (χ2n) is 8.67. The van der Waals surface area contributed by atoms with Gasteiger partial charge in [-0.1, -0.05) is 60.7 Å². The summed E-state index contributed by atoms with van der Waals surface area (Å²) in [5, 5.41) is 16.5. The number of carbonyl (C=O) groups is 4. The number of carboxylic acid groups (broad SMARTS) is 1. The lowest BCUT2D eigenvalue weighted by atomic mass is 10.0. The normalized spacial score (nSPS) is 12.9. The highest BCUT2D eigenvalue weighted by Crippen LogP contribution is 2.07. The van der Waals surface area contributed by atoms with Crippen LogP contribution >= 0.6 is 0 Å². The average Bonchev–Trinajstić information content (AvgIpc) is 2.89. The summed E-state index contributed by atoms with van der Waals surface area (Å²) in [4.78, 5) is 53.7. The van der Waals surface area contributed by atoms with Crippen molar-refractivity contribution in [2.45, 2.75) is 43.8 Å². The molecule has 0 saturated heterocycles. The highest BCUT2D eigenvalue weighted by Gasteiger charge is 2.28. The number of carbonyl (C=O) groups excluding carboxylic acids is 3. The fourth-order valence-corrected chi connectivity index (χ4v) is 3.63. The third-order valence-corrected chi connectivity index (χ3v) is 5.54. The number of nitrogens with two attached hydrogens (primary N) is 3. The number of guanidine groups is 1. The van der Waals surface area contributed by atoms with Gasteiger partial charge in [-0.3, -0.25) is 24.2 Å². The van der Waals surface area contributed by atoms with E-state index < -0.39 is 48.4 Å². The second kappa shape index (κ2) is 15.6. The van der Waals surface area contributed by atoms with E-state index in [-0.39, 0.29) is 31.8 Å². The van der Waals surface area contributed by atoms with Crippen LogP contribution in [0.5, 0.6) is 0 Å². The van der Waals surface area contributed by atoms with Crippen molar-refractivity contribution >= 4 is 29.7 Å². The van der Waals surface area contributed by atoms with Gasteiger partial charge in [0, 0.05) is 13.0 Å². The molecule has 3 unspecified atom stereocenters. The minimum atomic E-state index is -1.22. The number of nitrogens with one attached hydrogen (secondary N) is 3. The van der Waals surface area contributed by atoms with Crippen LogP contribution in [0.15, 0.2) is 65.7 Å². The molecule has 3 amide bonds. The minimum Gasteiger partial charge on any atom is -0.480 e. The maximum Gasteiger partial charge on any atom is 0.322 e. The Morgan fingerprint density at radius 1 is 0.789 bits per heavy atom. The van der Waals surface area contributed by atoms with Crippen LogP contribution in [0.25, 0.3) is 0 Å². The fraction of sp³-hybridized carbons (Fsp3) is 0.346. The molecule has 0 aliphatic carbocycles. The van der Waals surface area contributed by atoms with Gasteiger partial charge in [-0.05, 0) is 30.4 Å². The van der Waals surface area contributed by atoms with E-state index >= 15 is 0 Å². The van der Waals surface area contributed by atoms with E-state index in [1.807, 2.05) is 36.4 Å². The van der Waals surface area contributed by atoms with Gasteiger partial charge in [0.1, 0.15) is 18.6 Å². The first kappa shape index (κ1) is 29.8. The summed E-state index contributed by atoms with van der Waals surface area (Å²) in [6.45, 7) is -0.377. The maximum absolute atomic E-state index is 13.3. The number of benzene rings is 2. The summed E-state index contributed by atoms with van der Waals surface area (Å²) in [6.07, 6.45) is 0.906. The largest absolute Gasteiger partial charge is 0.480 e. The molecule has 0 spiro atoms. The van der Waals surface area contributed by atoms with Crippen LogP contribution in [0.1, 0.15) is 24.0 Å². The van der Waals surface area contributed by atoms with Gasteiger partial charge in [-0.15, -0.1) is 0 Å². The zero-order valence-electron chi connectivity index (χ0n) is 21.0. The van der Waals surface area contributed by atoms with Crippen molar-refractivity contribution in [3.8, 4) is 0 Å². The molecule has 2 aromatic carbocycles. The van der Waals surface area contributed by atoms with Gasteiger partial charge >= 0.3 is 5.97 Å². The Morgan fingerprint density at radius 2 is 1.34 bits per heavy atom. The number of aliphatic carboxylic acids is 1. The summed E-state index contributed by atoms with van der Waals surface area (Å²) in [7, 11) is 0. The molecule has 0 saturated carbocycles. The van der Waals surface area contributed by atoms with Gasteiger partial charge in [-0.25, -0.2) is 0 Å². The number of carboxylic acids is 1. The second-order valence-corrected chi connectivity index (χ2v) is 8.67. The zero-order chi connectivity index (χ0) is 27.9. The third-order valence-electron chi connectivity index (χ3n) is 5.54. The first-order valence-electron chi connectivity index (χ1n) is 12.1. The molecule has 0 fully saturated rings. The van der Waals surface area contributed by atoms with E-state index in [1.54, 1.807) is 24.3 Å². The maximum atomic E-state index is 13.3. The summed E-state index contributed by atoms with van der Waals surface area (Å²) in [6, 6.07) is 15.1. The molecule has 2 aromatic rings. The van der Waals surface area contributed by atoms with Crippen LogP contribution in [0.4, 0.5) is 0 Å². The molecule has 204 valence electrons. The van der Waals surface area contributed by atoms with Crippen molar-refractivity contribution < 1.29 is 24.3 Å². The lowest BCUT2D eigenvalue weighted by Gasteiger charge is -2.24. The fourth-order valence-electron chi connectivity index (χ4n) is 3.63. The van der Waals surface area contributed by atoms with E-state index in [1.165, 1.54) is 0 Å². The van der Waals surface area contributed by atoms with Gasteiger partial charge in [0.15, 0.2) is 5.96 Å². The van der Waals surface area contributed by atoms with Crippen molar-refractivity contribution in [1.29, 1.82) is 0 Å². The Bertz CT molecular complexity index is 1090. The molecule has 0 aromatic heterocycles. The van der Waals surface area contributed by atoms with Crippen molar-refractivity contribution in [3.63, 3.8) is 0 Å². The van der Waals surface area contributed by atoms with Gasteiger partial charge < -0.3 is 38.3 Å². The van der Waals surface area contributed by atoms with Gasteiger partial charge in [0.25, 0.3) is 0 Å². The van der Waals surface area contributed by atoms with Crippen LogP contribution in [0.2, 0.25) is 0 Å². The molecule has 2 rings (SSSR count). The number of hydrogen-bond donors (Lipinski definition) is 7. The van der Waals surface area contributed by atoms with Gasteiger partial charge in [-0.2, -0.15) is 0 Å². The first-order chi connectivity index (χ1) is 18.2. The van der Waals surface area contributed by atoms with Crippen molar-refractivity contribution in [2.75, 3.05) is 13.1 Å². The Morgan fingerprint density at radius 3 is 1.89 bits per heavy atom. The monoisotopic (exact) mass is 525 g/mol. The standard InChI is InChI=1S/C26H35N7O5/c27-19(14-17-8-3-1-4-9-17)23(36)32-20(12-7-13-30-26(28)29)25(38)33-21(24(37)31-16-22(34)35)15-18-10-5-2-6-11-18/h1-6,8-11,19-21H,7,12-16,27H2,(H,31,37)(H,32,36)(H,33,38)(H,34,35)(H4,28,29,30). The number of nitrogens with zero attached hydrogens (tertiary/aromatic N) is 1. The van der Waals surface area contributed by atoms with E-state index in [2.05, 4.69) is 20.9 Å². The lowest BCUT2D eigenvalue weighted by molar-refractivity contribution is -0.138. The Labute approximate surface area is 221 Å². The quantitative estimate of drug-likeness (QED) is 0.0869. The smallest absolute Gasteiger partial charge is 0.322 e. The predicted molar refractivity (Wildman–Crippen MR) is 143 cm³/mol. The van der Waals surface area contributed by atoms with Gasteiger partial charge in [0.05, 0.1) is 6.04 Å². The van der Waals surface area contributed by atoms with Crippen LogP contribution in [0, 0.1) is 0 Å². The number of amides is 3. The van der Waals surface area contributed by atoms with Crippen molar-refractivity contribution in [3.05, 3.63) is 71.8 Å². The zero-order valence-corrected chi connectivity index (χ0v) is 21.0. The van der Waals surface area contributed by atoms with E-state index in [9.17, 15) is 19.2 Å². The molecule has 12 nitrogen and oxygen atoms in total. The van der Waals surface area contributed by atoms with Crippen molar-refractivity contribution in [1.82, 2.24) is 16.0 Å². The molecule has 3 atom stereocenters. The highest BCUT2D eigenvalue weighted by molar-refractivity contribution is 5.93. The molecule has 0 aliphatic rings. The summed E-state index contributed by atoms with van der Waals surface area (Å²) in [5.41, 5.74) is 18.4. The molecular formula is C26H35N7O5. The Balaban J connectivity index is 2.15. The van der Waals surface area contributed by atoms with Gasteiger partial charge in [0.2, 0.25) is 17.7 Å². The molecular weight excluding hydrogens is 490 g/mol. The lowest BCUT2D eigenvalue weighted by Crippen LogP contribution is -2.56. The topological polar surface area (TPSA) is 215 Å². The third kappa shape index (κ3) is 11.1. The molecule has 0 bridgehead atoms. The highest BCUT2D eigenvalue weighted by atomic mass is 16.4. The molecule has 38 heavy (non-hydrogen) atoms. The number of hydrogen-bond acceptors (Lipinski definition) is 6. The van der Waals surface area contributed by atoms with E-state index in [0.717, 1.165) is 11.1 Å². The molecule has 0 radical (unpaired) electrons. The first-order valence-corrected chi connectivity index (χ1v) is 12.1. The Kier molecular flexibility index (Phi) is 12.2. The Hall–Kier alpha value is -4.45. The van der Waals surface area contributed by atoms with Crippen LogP contribution in [-0.2, 0) is 32.0 Å². The molecule has 12 heteroatoms. The number of aliphatic imine (C=N–C) groups is 1. The number of rotatable bonds is 15. The molecule has 0 heterocycles. The van der Waals surface area contributed by atoms with Crippen LogP contribution < -0.4 is 33.2 Å². The predicted octanol–water partition coefficient (Wildman–Crippen LogP) is -0.977. The minimum absolute atomic E-state index is 0.0991. The summed E-state index contributed by atoms with van der Waals surface area (Å²) >= 11 is 0. The van der Waals surface area contributed by atoms with Crippen LogP contribution in [-0.4, -0.2) is 66.0 Å². The summed E-state index contributed by atoms with van der Waals surface area (Å²) < 4.78 is 0. The van der Waals surface area contributed by atoms with E-state index in [0.29, 0.717) is 6.42 Å².